The number of piperidine rings is 1. The van der Waals surface area contributed by atoms with Gasteiger partial charge in [-0.15, -0.1) is 23.7 Å². The summed E-state index contributed by atoms with van der Waals surface area (Å²) in [5.41, 5.74) is 0.0198. The van der Waals surface area contributed by atoms with Crippen LogP contribution in [-0.4, -0.2) is 45.2 Å². The molecule has 1 fully saturated rings. The lowest BCUT2D eigenvalue weighted by Gasteiger charge is -2.37. The number of thiophene rings is 1. The minimum Gasteiger partial charge on any atom is -0.384 e. The Bertz CT molecular complexity index is 539. The Morgan fingerprint density at radius 1 is 1.29 bits per heavy atom. The van der Waals surface area contributed by atoms with E-state index in [9.17, 15) is 9.59 Å². The second kappa shape index (κ2) is 9.98. The van der Waals surface area contributed by atoms with Crippen LogP contribution in [0.2, 0.25) is 0 Å². The summed E-state index contributed by atoms with van der Waals surface area (Å²) in [5, 5.41) is 9.13. The first-order valence-corrected chi connectivity index (χ1v) is 8.67. The molecule has 0 bridgehead atoms. The van der Waals surface area contributed by atoms with E-state index in [1.807, 2.05) is 12.1 Å². The number of methoxy groups -OCH3 is 1. The summed E-state index contributed by atoms with van der Waals surface area (Å²) in [5.74, 6) is -0.130. The molecule has 0 unspecified atom stereocenters. The van der Waals surface area contributed by atoms with Gasteiger partial charge in [0.25, 0.3) is 5.91 Å². The maximum atomic E-state index is 12.3. The number of nitrogens with one attached hydrogen (secondary N) is 3. The number of hydrogen-bond donors (Lipinski definition) is 3. The van der Waals surface area contributed by atoms with Crippen LogP contribution in [0, 0.1) is 5.41 Å². The van der Waals surface area contributed by atoms with Crippen molar-refractivity contribution in [3.05, 3.63) is 21.9 Å². The van der Waals surface area contributed by atoms with Crippen LogP contribution < -0.4 is 16.0 Å². The van der Waals surface area contributed by atoms with Gasteiger partial charge in [0, 0.05) is 30.9 Å². The first kappa shape index (κ1) is 20.9. The van der Waals surface area contributed by atoms with E-state index in [1.165, 1.54) is 18.3 Å². The van der Waals surface area contributed by atoms with E-state index in [-0.39, 0.29) is 29.6 Å². The van der Waals surface area contributed by atoms with E-state index in [1.54, 1.807) is 7.11 Å². The summed E-state index contributed by atoms with van der Waals surface area (Å²) < 4.78 is 5.36. The molecule has 0 atom stereocenters. The van der Waals surface area contributed by atoms with Crippen molar-refractivity contribution in [2.75, 3.05) is 33.4 Å². The van der Waals surface area contributed by atoms with Crippen molar-refractivity contribution in [2.24, 2.45) is 5.41 Å². The van der Waals surface area contributed by atoms with Gasteiger partial charge >= 0.3 is 0 Å². The van der Waals surface area contributed by atoms with Crippen molar-refractivity contribution < 1.29 is 14.3 Å². The molecule has 3 N–H and O–H groups in total. The molecule has 24 heavy (non-hydrogen) atoms. The largest absolute Gasteiger partial charge is 0.384 e. The van der Waals surface area contributed by atoms with Gasteiger partial charge in [0.2, 0.25) is 5.91 Å². The van der Waals surface area contributed by atoms with Gasteiger partial charge in [0.05, 0.1) is 18.0 Å². The van der Waals surface area contributed by atoms with Crippen molar-refractivity contribution in [2.45, 2.75) is 26.3 Å². The molecule has 0 aromatic carbocycles. The molecular weight excluding hydrogens is 350 g/mol. The Morgan fingerprint density at radius 3 is 2.62 bits per heavy atom. The highest BCUT2D eigenvalue weighted by atomic mass is 35.5. The second-order valence-electron chi connectivity index (χ2n) is 6.04. The molecular formula is C16H26ClN3O3S. The van der Waals surface area contributed by atoms with Crippen molar-refractivity contribution in [3.8, 4) is 0 Å². The number of ether oxygens (including phenoxy) is 1. The molecule has 2 rings (SSSR count). The predicted octanol–water partition coefficient (Wildman–Crippen LogP) is 1.55. The molecule has 1 saturated heterocycles. The molecule has 2 amide bonds. The van der Waals surface area contributed by atoms with Gasteiger partial charge < -0.3 is 20.7 Å². The lowest BCUT2D eigenvalue weighted by Crippen LogP contribution is -2.47. The normalized spacial score (nSPS) is 16.1. The maximum absolute atomic E-state index is 12.3. The molecule has 0 aliphatic carbocycles. The molecule has 0 spiro atoms. The van der Waals surface area contributed by atoms with Crippen LogP contribution in [0.5, 0.6) is 0 Å². The smallest absolute Gasteiger partial charge is 0.261 e. The third kappa shape index (κ3) is 6.05. The second-order valence-corrected chi connectivity index (χ2v) is 7.21. The van der Waals surface area contributed by atoms with Gasteiger partial charge in [-0.25, -0.2) is 0 Å². The van der Waals surface area contributed by atoms with E-state index in [2.05, 4.69) is 16.0 Å². The Labute approximate surface area is 153 Å². The molecule has 1 aliphatic rings. The summed E-state index contributed by atoms with van der Waals surface area (Å²) in [6.07, 6.45) is 2.00. The highest BCUT2D eigenvalue weighted by molar-refractivity contribution is 7.14. The van der Waals surface area contributed by atoms with Crippen molar-refractivity contribution in [1.82, 2.24) is 16.0 Å². The highest BCUT2D eigenvalue weighted by Crippen LogP contribution is 2.28. The molecule has 136 valence electrons. The van der Waals surface area contributed by atoms with Gasteiger partial charge in [-0.3, -0.25) is 9.59 Å². The third-order valence-corrected chi connectivity index (χ3v) is 5.22. The van der Waals surface area contributed by atoms with E-state index in [4.69, 9.17) is 4.74 Å². The van der Waals surface area contributed by atoms with E-state index in [0.717, 1.165) is 30.8 Å². The molecule has 1 aromatic rings. The minimum absolute atomic E-state index is 0. The number of halogens is 1. The topological polar surface area (TPSA) is 79.5 Å². The summed E-state index contributed by atoms with van der Waals surface area (Å²) >= 11 is 1.41. The third-order valence-electron chi connectivity index (χ3n) is 4.14. The summed E-state index contributed by atoms with van der Waals surface area (Å²) in [7, 11) is 1.71. The number of amides is 2. The highest BCUT2D eigenvalue weighted by Gasteiger charge is 2.32. The van der Waals surface area contributed by atoms with Crippen LogP contribution >= 0.6 is 23.7 Å². The lowest BCUT2D eigenvalue weighted by molar-refractivity contribution is -0.119. The number of rotatable bonds is 7. The summed E-state index contributed by atoms with van der Waals surface area (Å²) in [6.45, 7) is 5.15. The zero-order chi connectivity index (χ0) is 16.7. The Morgan fingerprint density at radius 2 is 2.00 bits per heavy atom. The van der Waals surface area contributed by atoms with Crippen LogP contribution in [0.25, 0.3) is 0 Å². The zero-order valence-corrected chi connectivity index (χ0v) is 15.8. The fourth-order valence-electron chi connectivity index (χ4n) is 2.80. The first-order valence-electron chi connectivity index (χ1n) is 7.86. The number of hydrogen-bond acceptors (Lipinski definition) is 5. The van der Waals surface area contributed by atoms with Crippen LogP contribution in [-0.2, 0) is 16.1 Å². The van der Waals surface area contributed by atoms with E-state index >= 15 is 0 Å². The molecule has 2 heterocycles. The minimum atomic E-state index is -0.0724. The molecule has 8 heteroatoms. The molecule has 1 aromatic heterocycles. The zero-order valence-electron chi connectivity index (χ0n) is 14.1. The van der Waals surface area contributed by atoms with Gasteiger partial charge in [0.15, 0.2) is 0 Å². The average Bonchev–Trinajstić information content (AvgIpc) is 3.01. The molecule has 0 saturated carbocycles. The lowest BCUT2D eigenvalue weighted by atomic mass is 9.79. The Kier molecular flexibility index (Phi) is 8.69. The van der Waals surface area contributed by atoms with Gasteiger partial charge in [-0.2, -0.15) is 0 Å². The predicted molar refractivity (Wildman–Crippen MR) is 97.8 cm³/mol. The Balaban J connectivity index is 0.00000288. The van der Waals surface area contributed by atoms with E-state index < -0.39 is 0 Å². The molecule has 0 radical (unpaired) electrons. The van der Waals surface area contributed by atoms with Crippen molar-refractivity contribution in [1.29, 1.82) is 0 Å². The standard InChI is InChI=1S/C16H25N3O3S.ClH/c1-12(20)18-9-13-3-4-14(23-13)15(21)19-10-16(11-22-2)5-7-17-8-6-16;/h3-4,17H,5-11H2,1-2H3,(H,18,20)(H,19,21);1H. The molecule has 6 nitrogen and oxygen atoms in total. The number of carbonyl (C=O) groups excluding carboxylic acids is 2. The molecule has 1 aliphatic heterocycles. The van der Waals surface area contributed by atoms with Gasteiger partial charge in [0.1, 0.15) is 0 Å². The van der Waals surface area contributed by atoms with Crippen molar-refractivity contribution >= 4 is 35.6 Å². The Hall–Kier alpha value is -1.15. The quantitative estimate of drug-likeness (QED) is 0.675. The average molecular weight is 376 g/mol. The van der Waals surface area contributed by atoms with Gasteiger partial charge in [-0.1, -0.05) is 0 Å². The summed E-state index contributed by atoms with van der Waals surface area (Å²) in [4.78, 5) is 24.9. The maximum Gasteiger partial charge on any atom is 0.261 e. The van der Waals surface area contributed by atoms with Crippen molar-refractivity contribution in [3.63, 3.8) is 0 Å². The SMILES string of the molecule is COCC1(CNC(=O)c2ccc(CNC(C)=O)s2)CCNCC1.Cl. The monoisotopic (exact) mass is 375 g/mol. The fraction of sp³-hybridized carbons (Fsp3) is 0.625. The summed E-state index contributed by atoms with van der Waals surface area (Å²) in [6, 6.07) is 3.69. The fourth-order valence-corrected chi connectivity index (χ4v) is 3.66. The van der Waals surface area contributed by atoms with Crippen LogP contribution in [0.15, 0.2) is 12.1 Å². The van der Waals surface area contributed by atoms with Crippen LogP contribution in [0.3, 0.4) is 0 Å². The van der Waals surface area contributed by atoms with E-state index in [0.29, 0.717) is 24.6 Å². The van der Waals surface area contributed by atoms with Crippen LogP contribution in [0.1, 0.15) is 34.3 Å². The number of carbonyl (C=O) groups is 2. The van der Waals surface area contributed by atoms with Crippen LogP contribution in [0.4, 0.5) is 0 Å². The van der Waals surface area contributed by atoms with Gasteiger partial charge in [-0.05, 0) is 38.1 Å². The first-order chi connectivity index (χ1) is 11.0.